The van der Waals surface area contributed by atoms with E-state index in [1.807, 2.05) is 19.1 Å². The van der Waals surface area contributed by atoms with Gasteiger partial charge in [0.2, 0.25) is 0 Å². The molecule has 3 atom stereocenters. The second-order valence-corrected chi connectivity index (χ2v) is 9.38. The Morgan fingerprint density at radius 2 is 2.00 bits per heavy atom. The van der Waals surface area contributed by atoms with Crippen molar-refractivity contribution in [3.8, 4) is 6.07 Å². The van der Waals surface area contributed by atoms with Gasteiger partial charge in [-0.15, -0.1) is 12.4 Å². The molecule has 3 aliphatic heterocycles. The molecule has 0 radical (unpaired) electrons. The second kappa shape index (κ2) is 10.2. The van der Waals surface area contributed by atoms with E-state index in [1.54, 1.807) is 19.1 Å². The molecule has 0 saturated carbocycles. The van der Waals surface area contributed by atoms with Gasteiger partial charge >= 0.3 is 5.97 Å². The van der Waals surface area contributed by atoms with Crippen molar-refractivity contribution in [3.05, 3.63) is 69.0 Å². The summed E-state index contributed by atoms with van der Waals surface area (Å²) in [7, 11) is 0. The van der Waals surface area contributed by atoms with Gasteiger partial charge in [-0.05, 0) is 48.2 Å². The third-order valence-electron chi connectivity index (χ3n) is 7.49. The number of hydrogen-bond donors (Lipinski definition) is 1. The Kier molecular flexibility index (Phi) is 7.46. The summed E-state index contributed by atoms with van der Waals surface area (Å²) >= 11 is 0. The van der Waals surface area contributed by atoms with Gasteiger partial charge in [0.25, 0.3) is 0 Å². The van der Waals surface area contributed by atoms with Gasteiger partial charge in [0.05, 0.1) is 29.9 Å². The van der Waals surface area contributed by atoms with Crippen LogP contribution in [0.1, 0.15) is 55.9 Å². The third-order valence-corrected chi connectivity index (χ3v) is 7.49. The average Bonchev–Trinajstić information content (AvgIpc) is 3.21. The summed E-state index contributed by atoms with van der Waals surface area (Å²) < 4.78 is 25.2. The number of cyclic esters (lactones) is 1. The van der Waals surface area contributed by atoms with Gasteiger partial charge in [-0.3, -0.25) is 9.80 Å². The first-order valence-electron chi connectivity index (χ1n) is 11.6. The van der Waals surface area contributed by atoms with Crippen LogP contribution in [0.2, 0.25) is 0 Å². The first kappa shape index (κ1) is 25.5. The number of nitriles is 1. The molecule has 2 aromatic rings. The van der Waals surface area contributed by atoms with Crippen LogP contribution in [0, 0.1) is 31.0 Å². The number of hydrogen-bond acceptors (Lipinski definition) is 7. The van der Waals surface area contributed by atoms with Crippen LogP contribution in [-0.4, -0.2) is 66.2 Å². The predicted molar refractivity (Wildman–Crippen MR) is 129 cm³/mol. The van der Waals surface area contributed by atoms with Crippen LogP contribution in [-0.2, 0) is 16.1 Å². The summed E-state index contributed by atoms with van der Waals surface area (Å²) in [6, 6.07) is 8.81. The standard InChI is InChI=1S/C26H28FN3O4.ClH/c1-15-18(3-4-20-22(15)14-34-26(20)32)24(31)11-29-7-8-30-12-25(33-13-17(30)10-29)19-5-6-23(27)21(9-28)16(19)2;/h3-6,17,24-25,31H,7-8,10-14H2,1-2H3;1H/t17-,24-,25+;/m1./s1. The first-order valence-corrected chi connectivity index (χ1v) is 11.6. The van der Waals surface area contributed by atoms with Crippen LogP contribution < -0.4 is 0 Å². The number of fused-ring (bicyclic) bond motifs is 2. The molecule has 3 heterocycles. The van der Waals surface area contributed by atoms with Crippen molar-refractivity contribution in [1.29, 1.82) is 5.26 Å². The van der Waals surface area contributed by atoms with Crippen molar-refractivity contribution in [2.75, 3.05) is 39.3 Å². The first-order chi connectivity index (χ1) is 16.4. The lowest BCUT2D eigenvalue weighted by atomic mass is 9.94. The van der Waals surface area contributed by atoms with Gasteiger partial charge in [0, 0.05) is 44.3 Å². The molecule has 35 heavy (non-hydrogen) atoms. The molecule has 0 aromatic heterocycles. The predicted octanol–water partition coefficient (Wildman–Crippen LogP) is 3.20. The van der Waals surface area contributed by atoms with E-state index in [1.165, 1.54) is 6.07 Å². The van der Waals surface area contributed by atoms with Gasteiger partial charge in [0.1, 0.15) is 18.5 Å². The van der Waals surface area contributed by atoms with Gasteiger partial charge in [-0.25, -0.2) is 9.18 Å². The van der Waals surface area contributed by atoms with Crippen LogP contribution in [0.3, 0.4) is 0 Å². The van der Waals surface area contributed by atoms with Crippen molar-refractivity contribution >= 4 is 18.4 Å². The van der Waals surface area contributed by atoms with E-state index >= 15 is 0 Å². The second-order valence-electron chi connectivity index (χ2n) is 9.38. The maximum Gasteiger partial charge on any atom is 0.338 e. The van der Waals surface area contributed by atoms with E-state index in [4.69, 9.17) is 9.47 Å². The topological polar surface area (TPSA) is 86.0 Å². The maximum atomic E-state index is 13.9. The maximum absolute atomic E-state index is 13.9. The fraction of sp³-hybridized carbons (Fsp3) is 0.462. The van der Waals surface area contributed by atoms with Crippen LogP contribution in [0.25, 0.3) is 0 Å². The molecule has 1 N–H and O–H groups in total. The third kappa shape index (κ3) is 4.67. The Labute approximate surface area is 210 Å². The number of nitrogens with zero attached hydrogens (tertiary/aromatic N) is 3. The summed E-state index contributed by atoms with van der Waals surface area (Å²) in [5.74, 6) is -0.798. The molecule has 9 heteroatoms. The molecule has 2 aromatic carbocycles. The summed E-state index contributed by atoms with van der Waals surface area (Å²) in [6.45, 7) is 8.14. The van der Waals surface area contributed by atoms with E-state index < -0.39 is 11.9 Å². The zero-order chi connectivity index (χ0) is 24.0. The van der Waals surface area contributed by atoms with E-state index in [9.17, 15) is 19.6 Å². The molecule has 3 aliphatic rings. The molecule has 186 valence electrons. The number of piperazine rings is 1. The molecule has 7 nitrogen and oxygen atoms in total. The van der Waals surface area contributed by atoms with Gasteiger partial charge < -0.3 is 14.6 Å². The Bertz CT molecular complexity index is 1180. The molecule has 2 fully saturated rings. The van der Waals surface area contributed by atoms with Gasteiger partial charge in [-0.2, -0.15) is 5.26 Å². The zero-order valence-electron chi connectivity index (χ0n) is 19.8. The Morgan fingerprint density at radius 1 is 1.20 bits per heavy atom. The number of ether oxygens (including phenoxy) is 2. The van der Waals surface area contributed by atoms with Gasteiger partial charge in [-0.1, -0.05) is 12.1 Å². The minimum absolute atomic E-state index is 0. The molecule has 2 saturated heterocycles. The number of aliphatic hydroxyl groups excluding tert-OH is 1. The lowest BCUT2D eigenvalue weighted by Crippen LogP contribution is -2.58. The van der Waals surface area contributed by atoms with Crippen molar-refractivity contribution in [1.82, 2.24) is 9.80 Å². The highest BCUT2D eigenvalue weighted by atomic mass is 35.5. The molecule has 0 aliphatic carbocycles. The molecule has 0 unspecified atom stereocenters. The molecule has 5 rings (SSSR count). The number of carbonyl (C=O) groups excluding carboxylic acids is 1. The molecule has 0 amide bonds. The number of morpholine rings is 1. The van der Waals surface area contributed by atoms with Crippen molar-refractivity contribution < 1.29 is 23.8 Å². The van der Waals surface area contributed by atoms with Crippen LogP contribution in [0.4, 0.5) is 4.39 Å². The average molecular weight is 502 g/mol. The van der Waals surface area contributed by atoms with E-state index in [0.717, 1.165) is 41.9 Å². The fourth-order valence-corrected chi connectivity index (χ4v) is 5.45. The molecular formula is C26H29ClFN3O4. The van der Waals surface area contributed by atoms with Crippen molar-refractivity contribution in [3.63, 3.8) is 0 Å². The van der Waals surface area contributed by atoms with Crippen molar-refractivity contribution in [2.45, 2.75) is 38.7 Å². The number of benzene rings is 2. The molecule has 0 bridgehead atoms. The largest absolute Gasteiger partial charge is 0.457 e. The summed E-state index contributed by atoms with van der Waals surface area (Å²) in [5.41, 5.74) is 4.81. The number of esters is 1. The fourth-order valence-electron chi connectivity index (χ4n) is 5.45. The highest BCUT2D eigenvalue weighted by molar-refractivity contribution is 5.93. The number of rotatable bonds is 4. The summed E-state index contributed by atoms with van der Waals surface area (Å²) in [5, 5.41) is 20.2. The minimum Gasteiger partial charge on any atom is -0.457 e. The zero-order valence-corrected chi connectivity index (χ0v) is 20.6. The minimum atomic E-state index is -0.656. The normalized spacial score (nSPS) is 23.0. The molecule has 0 spiro atoms. The van der Waals surface area contributed by atoms with E-state index in [2.05, 4.69) is 9.80 Å². The number of aliphatic hydroxyl groups is 1. The summed E-state index contributed by atoms with van der Waals surface area (Å²) in [4.78, 5) is 16.4. The lowest BCUT2D eigenvalue weighted by molar-refractivity contribution is -0.0939. The van der Waals surface area contributed by atoms with Crippen LogP contribution >= 0.6 is 12.4 Å². The highest BCUT2D eigenvalue weighted by Crippen LogP contribution is 2.32. The highest BCUT2D eigenvalue weighted by Gasteiger charge is 2.36. The van der Waals surface area contributed by atoms with E-state index in [-0.39, 0.29) is 42.7 Å². The SMILES string of the molecule is Cc1c([C@@H]2CN3CCN(C[C@@H](O)c4ccc5c(c4C)COC5=O)C[C@@H]3CO2)ccc(F)c1C#N.Cl. The Hall–Kier alpha value is -2.54. The molecular weight excluding hydrogens is 473 g/mol. The monoisotopic (exact) mass is 501 g/mol. The summed E-state index contributed by atoms with van der Waals surface area (Å²) in [6.07, 6.45) is -0.851. The van der Waals surface area contributed by atoms with Crippen molar-refractivity contribution in [2.24, 2.45) is 0 Å². The van der Waals surface area contributed by atoms with Crippen LogP contribution in [0.15, 0.2) is 24.3 Å². The lowest BCUT2D eigenvalue weighted by Gasteiger charge is -2.46. The number of halogens is 2. The Morgan fingerprint density at radius 3 is 2.77 bits per heavy atom. The number of carbonyl (C=O) groups is 1. The van der Waals surface area contributed by atoms with Gasteiger partial charge in [0.15, 0.2) is 0 Å². The van der Waals surface area contributed by atoms with E-state index in [0.29, 0.717) is 30.8 Å². The number of β-amino-alcohol motifs (C(OH)–C–C–N with tert-alkyl or cyclic N) is 1. The quantitative estimate of drug-likeness (QED) is 0.644. The smallest absolute Gasteiger partial charge is 0.338 e. The Balaban J connectivity index is 0.00000289. The van der Waals surface area contributed by atoms with Crippen LogP contribution in [0.5, 0.6) is 0 Å².